The highest BCUT2D eigenvalue weighted by molar-refractivity contribution is 5.77. The number of hydrogen-bond acceptors (Lipinski definition) is 3. The first-order valence-electron chi connectivity index (χ1n) is 4.02. The van der Waals surface area contributed by atoms with Gasteiger partial charge in [0.25, 0.3) is 0 Å². The third-order valence-electron chi connectivity index (χ3n) is 2.82. The van der Waals surface area contributed by atoms with Gasteiger partial charge in [-0.15, -0.1) is 0 Å². The number of ether oxygens (including phenoxy) is 1. The second-order valence-corrected chi connectivity index (χ2v) is 3.57. The van der Waals surface area contributed by atoms with Gasteiger partial charge < -0.3 is 4.74 Å². The van der Waals surface area contributed by atoms with Crippen molar-refractivity contribution in [1.29, 1.82) is 0 Å². The molecule has 3 nitrogen and oxygen atoms in total. The van der Waals surface area contributed by atoms with Gasteiger partial charge in [-0.05, 0) is 25.3 Å². The molecular formula is C8H13NO2. The zero-order chi connectivity index (χ0) is 8.01. The Morgan fingerprint density at radius 1 is 1.64 bits per heavy atom. The van der Waals surface area contributed by atoms with Gasteiger partial charge in [0, 0.05) is 6.54 Å². The fraction of sp³-hybridized carbons (Fsp3) is 0.875. The molecule has 2 rings (SSSR count). The molecule has 2 aliphatic rings. The van der Waals surface area contributed by atoms with Crippen molar-refractivity contribution in [1.82, 2.24) is 4.90 Å². The van der Waals surface area contributed by atoms with E-state index in [2.05, 4.69) is 4.90 Å². The van der Waals surface area contributed by atoms with E-state index in [9.17, 15) is 4.79 Å². The lowest BCUT2D eigenvalue weighted by molar-refractivity contribution is -0.146. The maximum atomic E-state index is 11.2. The number of carbonyl (C=O) groups excluding carboxylic acids is 1. The molecule has 0 spiro atoms. The van der Waals surface area contributed by atoms with Crippen LogP contribution < -0.4 is 0 Å². The van der Waals surface area contributed by atoms with Crippen molar-refractivity contribution in [3.63, 3.8) is 0 Å². The van der Waals surface area contributed by atoms with Gasteiger partial charge in [-0.1, -0.05) is 0 Å². The smallest absolute Gasteiger partial charge is 0.323 e. The zero-order valence-corrected chi connectivity index (χ0v) is 6.91. The lowest BCUT2D eigenvalue weighted by Gasteiger charge is -2.19. The normalized spacial score (nSPS) is 41.8. The number of methoxy groups -OCH3 is 1. The molecule has 0 aromatic heterocycles. The molecule has 0 bridgehead atoms. The van der Waals surface area contributed by atoms with Gasteiger partial charge >= 0.3 is 5.97 Å². The van der Waals surface area contributed by atoms with Crippen LogP contribution >= 0.6 is 0 Å². The molecule has 11 heavy (non-hydrogen) atoms. The Bertz CT molecular complexity index is 191. The Morgan fingerprint density at radius 3 is 2.82 bits per heavy atom. The summed E-state index contributed by atoms with van der Waals surface area (Å²) in [5.41, 5.74) is 0. The third kappa shape index (κ3) is 0.948. The second kappa shape index (κ2) is 2.21. The van der Waals surface area contributed by atoms with E-state index in [0.29, 0.717) is 5.92 Å². The summed E-state index contributed by atoms with van der Waals surface area (Å²) in [4.78, 5) is 13.3. The number of piperidine rings is 1. The van der Waals surface area contributed by atoms with E-state index in [1.165, 1.54) is 13.5 Å². The Hall–Kier alpha value is -0.570. The maximum absolute atomic E-state index is 11.2. The average molecular weight is 155 g/mol. The minimum Gasteiger partial charge on any atom is -0.468 e. The molecule has 0 amide bonds. The number of fused-ring (bicyclic) bond motifs is 1. The van der Waals surface area contributed by atoms with E-state index >= 15 is 0 Å². The van der Waals surface area contributed by atoms with Gasteiger partial charge in [-0.2, -0.15) is 0 Å². The van der Waals surface area contributed by atoms with Gasteiger partial charge in [-0.3, -0.25) is 9.69 Å². The number of likely N-dealkylation sites (tertiary alicyclic amines) is 1. The van der Waals surface area contributed by atoms with Crippen molar-refractivity contribution >= 4 is 5.97 Å². The molecule has 0 N–H and O–H groups in total. The summed E-state index contributed by atoms with van der Waals surface area (Å²) in [6.45, 7) is 1.07. The fourth-order valence-electron chi connectivity index (χ4n) is 2.15. The quantitative estimate of drug-likeness (QED) is 0.503. The highest BCUT2D eigenvalue weighted by atomic mass is 16.5. The van der Waals surface area contributed by atoms with Crippen molar-refractivity contribution in [3.05, 3.63) is 0 Å². The molecule has 3 unspecified atom stereocenters. The number of hydrogen-bond donors (Lipinski definition) is 0. The summed E-state index contributed by atoms with van der Waals surface area (Å²) in [5.74, 6) is 1.33. The van der Waals surface area contributed by atoms with Crippen LogP contribution in [-0.4, -0.2) is 37.6 Å². The molecule has 1 aliphatic carbocycles. The van der Waals surface area contributed by atoms with Gasteiger partial charge in [-0.25, -0.2) is 0 Å². The van der Waals surface area contributed by atoms with Crippen LogP contribution in [-0.2, 0) is 9.53 Å². The molecule has 0 aromatic carbocycles. The largest absolute Gasteiger partial charge is 0.468 e. The molecule has 1 heterocycles. The Labute approximate surface area is 66.3 Å². The predicted octanol–water partition coefficient (Wildman–Crippen LogP) is 0.109. The molecule has 3 heteroatoms. The number of esters is 1. The van der Waals surface area contributed by atoms with Crippen molar-refractivity contribution in [3.8, 4) is 0 Å². The Kier molecular flexibility index (Phi) is 1.42. The molecule has 3 atom stereocenters. The van der Waals surface area contributed by atoms with Gasteiger partial charge in [0.2, 0.25) is 0 Å². The molecule has 1 saturated heterocycles. The van der Waals surface area contributed by atoms with E-state index in [1.807, 2.05) is 7.05 Å². The molecule has 1 aliphatic heterocycles. The first kappa shape index (κ1) is 7.10. The Morgan fingerprint density at radius 2 is 2.36 bits per heavy atom. The molecule has 2 fully saturated rings. The van der Waals surface area contributed by atoms with Crippen LogP contribution in [0.2, 0.25) is 0 Å². The summed E-state index contributed by atoms with van der Waals surface area (Å²) < 4.78 is 4.72. The number of nitrogens with zero attached hydrogens (tertiary/aromatic N) is 1. The van der Waals surface area contributed by atoms with E-state index < -0.39 is 0 Å². The monoisotopic (exact) mass is 155 g/mol. The maximum Gasteiger partial charge on any atom is 0.323 e. The second-order valence-electron chi connectivity index (χ2n) is 3.57. The Balaban J connectivity index is 2.06. The van der Waals surface area contributed by atoms with Gasteiger partial charge in [0.05, 0.1) is 7.11 Å². The van der Waals surface area contributed by atoms with Crippen molar-refractivity contribution in [2.45, 2.75) is 12.5 Å². The number of carbonyl (C=O) groups is 1. The van der Waals surface area contributed by atoms with Gasteiger partial charge in [0.15, 0.2) is 0 Å². The highest BCUT2D eigenvalue weighted by Gasteiger charge is 2.54. The lowest BCUT2D eigenvalue weighted by Crippen LogP contribution is -2.37. The number of likely N-dealkylation sites (N-methyl/N-ethyl adjacent to an activating group) is 1. The zero-order valence-electron chi connectivity index (χ0n) is 6.91. The van der Waals surface area contributed by atoms with Crippen molar-refractivity contribution < 1.29 is 9.53 Å². The van der Waals surface area contributed by atoms with E-state index in [0.717, 1.165) is 12.5 Å². The first-order chi connectivity index (χ1) is 5.24. The molecule has 1 saturated carbocycles. The van der Waals surface area contributed by atoms with Gasteiger partial charge in [0.1, 0.15) is 6.04 Å². The van der Waals surface area contributed by atoms with E-state index in [1.54, 1.807) is 0 Å². The predicted molar refractivity (Wildman–Crippen MR) is 40.0 cm³/mol. The van der Waals surface area contributed by atoms with Crippen LogP contribution in [0.1, 0.15) is 6.42 Å². The van der Waals surface area contributed by atoms with E-state index in [4.69, 9.17) is 4.74 Å². The topological polar surface area (TPSA) is 29.5 Å². The van der Waals surface area contributed by atoms with Crippen LogP contribution in [0.3, 0.4) is 0 Å². The summed E-state index contributed by atoms with van der Waals surface area (Å²) in [6, 6.07) is 0.0602. The van der Waals surface area contributed by atoms with Crippen LogP contribution in [0, 0.1) is 11.8 Å². The first-order valence-corrected chi connectivity index (χ1v) is 4.02. The lowest BCUT2D eigenvalue weighted by atomic mass is 10.2. The summed E-state index contributed by atoms with van der Waals surface area (Å²) >= 11 is 0. The highest BCUT2D eigenvalue weighted by Crippen LogP contribution is 2.49. The van der Waals surface area contributed by atoms with Crippen LogP contribution in [0.15, 0.2) is 0 Å². The average Bonchev–Trinajstić information content (AvgIpc) is 2.63. The molecule has 0 radical (unpaired) electrons. The summed E-state index contributed by atoms with van der Waals surface area (Å²) in [7, 11) is 3.46. The molecule has 62 valence electrons. The number of rotatable bonds is 1. The summed E-state index contributed by atoms with van der Waals surface area (Å²) in [5, 5.41) is 0. The van der Waals surface area contributed by atoms with Crippen LogP contribution in [0.5, 0.6) is 0 Å². The standard InChI is InChI=1S/C8H13NO2/c1-9-4-5-3-6(5)7(9)8(10)11-2/h5-7H,3-4H2,1-2H3. The van der Waals surface area contributed by atoms with E-state index in [-0.39, 0.29) is 12.0 Å². The third-order valence-corrected chi connectivity index (χ3v) is 2.82. The SMILES string of the molecule is COC(=O)C1C2CC2CN1C. The molecule has 0 aromatic rings. The van der Waals surface area contributed by atoms with Crippen LogP contribution in [0.25, 0.3) is 0 Å². The summed E-state index contributed by atoms with van der Waals surface area (Å²) in [6.07, 6.45) is 1.23. The molecular weight excluding hydrogens is 142 g/mol. The minimum absolute atomic E-state index is 0.0579. The fourth-order valence-corrected chi connectivity index (χ4v) is 2.15. The van der Waals surface area contributed by atoms with Crippen LogP contribution in [0.4, 0.5) is 0 Å². The minimum atomic E-state index is -0.0579. The van der Waals surface area contributed by atoms with Crippen molar-refractivity contribution in [2.75, 3.05) is 20.7 Å². The van der Waals surface area contributed by atoms with Crippen molar-refractivity contribution in [2.24, 2.45) is 11.8 Å².